The summed E-state index contributed by atoms with van der Waals surface area (Å²) >= 11 is 0. The molecule has 2 aliphatic rings. The Morgan fingerprint density at radius 2 is 1.66 bits per heavy atom. The highest BCUT2D eigenvalue weighted by atomic mass is 16.6. The van der Waals surface area contributed by atoms with Crippen LogP contribution in [0.3, 0.4) is 0 Å². The van der Waals surface area contributed by atoms with Gasteiger partial charge < -0.3 is 34.3 Å². The summed E-state index contributed by atoms with van der Waals surface area (Å²) in [4.78, 5) is 37.8. The van der Waals surface area contributed by atoms with Crippen LogP contribution >= 0.6 is 0 Å². The van der Waals surface area contributed by atoms with E-state index in [4.69, 9.17) is 18.9 Å². The molecule has 0 spiro atoms. The smallest absolute Gasteiger partial charge is 0.410 e. The van der Waals surface area contributed by atoms with E-state index in [0.717, 1.165) is 12.8 Å². The number of likely N-dealkylation sites (tertiary alicyclic amines) is 1. The van der Waals surface area contributed by atoms with E-state index in [2.05, 4.69) is 5.32 Å². The van der Waals surface area contributed by atoms with Gasteiger partial charge in [0, 0.05) is 25.7 Å². The molecule has 2 fully saturated rings. The van der Waals surface area contributed by atoms with Gasteiger partial charge in [-0.1, -0.05) is 0 Å². The molecule has 0 atom stereocenters. The molecule has 1 aliphatic carbocycles. The second-order valence-corrected chi connectivity index (χ2v) is 10.2. The summed E-state index contributed by atoms with van der Waals surface area (Å²) in [6, 6.07) is 4.80. The predicted molar refractivity (Wildman–Crippen MR) is 127 cm³/mol. The molecule has 1 saturated heterocycles. The standard InChI is InChI=1S/C25H36N2O8/c1-24(2,3)35-23(30)27-10-8-25(31,9-11-27)15-26-16-12-18(13-16)34-17-6-7-19(21(28)32-4)20(14-17)22(29)33-5/h6-7,14,16,18,26,31H,8-13,15H2,1-5H3/t16-,18-. The van der Waals surface area contributed by atoms with E-state index in [0.29, 0.717) is 38.2 Å². The lowest BCUT2D eigenvalue weighted by atomic mass is 9.86. The summed E-state index contributed by atoms with van der Waals surface area (Å²) in [7, 11) is 2.49. The molecule has 1 aliphatic heterocycles. The Bertz CT molecular complexity index is 928. The Hall–Kier alpha value is -2.85. The summed E-state index contributed by atoms with van der Waals surface area (Å²) in [5.41, 5.74) is -1.21. The Labute approximate surface area is 205 Å². The Kier molecular flexibility index (Phi) is 8.27. The lowest BCUT2D eigenvalue weighted by Crippen LogP contribution is -2.56. The Morgan fingerprint density at radius 3 is 2.23 bits per heavy atom. The van der Waals surface area contributed by atoms with Crippen molar-refractivity contribution in [3.05, 3.63) is 29.3 Å². The number of hydrogen-bond donors (Lipinski definition) is 2. The van der Waals surface area contributed by atoms with Crippen molar-refractivity contribution in [1.29, 1.82) is 0 Å². The maximum absolute atomic E-state index is 12.2. The van der Waals surface area contributed by atoms with Gasteiger partial charge in [-0.25, -0.2) is 14.4 Å². The highest BCUT2D eigenvalue weighted by molar-refractivity contribution is 6.03. The lowest BCUT2D eigenvalue weighted by molar-refractivity contribution is -0.0361. The van der Waals surface area contributed by atoms with Crippen molar-refractivity contribution in [2.75, 3.05) is 33.9 Å². The molecule has 0 unspecified atom stereocenters. The molecule has 1 aromatic carbocycles. The number of hydrogen-bond acceptors (Lipinski definition) is 9. The number of methoxy groups -OCH3 is 2. The van der Waals surface area contributed by atoms with Gasteiger partial charge in [-0.2, -0.15) is 0 Å². The van der Waals surface area contributed by atoms with Crippen LogP contribution in [-0.4, -0.2) is 85.2 Å². The fourth-order valence-corrected chi connectivity index (χ4v) is 4.13. The van der Waals surface area contributed by atoms with Crippen LogP contribution in [0.2, 0.25) is 0 Å². The van der Waals surface area contributed by atoms with Crippen molar-refractivity contribution in [1.82, 2.24) is 10.2 Å². The van der Waals surface area contributed by atoms with Crippen LogP contribution < -0.4 is 10.1 Å². The summed E-state index contributed by atoms with van der Waals surface area (Å²) in [5, 5.41) is 14.3. The fraction of sp³-hybridized carbons (Fsp3) is 0.640. The highest BCUT2D eigenvalue weighted by Crippen LogP contribution is 2.29. The van der Waals surface area contributed by atoms with E-state index in [-0.39, 0.29) is 29.4 Å². The van der Waals surface area contributed by atoms with Gasteiger partial charge in [0.2, 0.25) is 0 Å². The number of carbonyl (C=O) groups excluding carboxylic acids is 3. The summed E-state index contributed by atoms with van der Waals surface area (Å²) < 4.78 is 20.9. The van der Waals surface area contributed by atoms with Gasteiger partial charge in [0.15, 0.2) is 0 Å². The van der Waals surface area contributed by atoms with Crippen LogP contribution in [0.4, 0.5) is 4.79 Å². The molecule has 10 heteroatoms. The molecule has 3 rings (SSSR count). The zero-order valence-electron chi connectivity index (χ0n) is 21.1. The Balaban J connectivity index is 1.44. The average Bonchev–Trinajstić information content (AvgIpc) is 2.78. The van der Waals surface area contributed by atoms with Crippen LogP contribution in [0.25, 0.3) is 0 Å². The van der Waals surface area contributed by atoms with E-state index in [1.165, 1.54) is 26.4 Å². The fourth-order valence-electron chi connectivity index (χ4n) is 4.13. The quantitative estimate of drug-likeness (QED) is 0.436. The van der Waals surface area contributed by atoms with E-state index in [9.17, 15) is 19.5 Å². The van der Waals surface area contributed by atoms with Crippen LogP contribution in [0.1, 0.15) is 67.2 Å². The van der Waals surface area contributed by atoms with E-state index in [1.54, 1.807) is 11.0 Å². The monoisotopic (exact) mass is 492 g/mol. The van der Waals surface area contributed by atoms with Crippen molar-refractivity contribution in [2.45, 2.75) is 69.8 Å². The Morgan fingerprint density at radius 1 is 1.06 bits per heavy atom. The molecule has 0 radical (unpaired) electrons. The van der Waals surface area contributed by atoms with Gasteiger partial charge in [-0.3, -0.25) is 0 Å². The second kappa shape index (κ2) is 10.8. The summed E-state index contributed by atoms with van der Waals surface area (Å²) in [5.74, 6) is -0.802. The lowest BCUT2D eigenvalue weighted by Gasteiger charge is -2.41. The van der Waals surface area contributed by atoms with Gasteiger partial charge in [0.25, 0.3) is 0 Å². The first-order valence-electron chi connectivity index (χ1n) is 11.8. The second-order valence-electron chi connectivity index (χ2n) is 10.2. The third-order valence-electron chi connectivity index (χ3n) is 6.26. The van der Waals surface area contributed by atoms with Gasteiger partial charge in [-0.15, -0.1) is 0 Å². The van der Waals surface area contributed by atoms with Crippen molar-refractivity contribution in [3.63, 3.8) is 0 Å². The zero-order chi connectivity index (χ0) is 25.8. The maximum atomic E-state index is 12.2. The van der Waals surface area contributed by atoms with Crippen LogP contribution in [0.15, 0.2) is 18.2 Å². The van der Waals surface area contributed by atoms with Gasteiger partial charge >= 0.3 is 18.0 Å². The minimum atomic E-state index is -0.871. The first-order chi connectivity index (χ1) is 16.4. The third-order valence-corrected chi connectivity index (χ3v) is 6.26. The number of ether oxygens (including phenoxy) is 4. The zero-order valence-corrected chi connectivity index (χ0v) is 21.1. The molecule has 0 bridgehead atoms. The molecule has 194 valence electrons. The first kappa shape index (κ1) is 26.7. The molecule has 1 aromatic rings. The largest absolute Gasteiger partial charge is 0.490 e. The molecular formula is C25H36N2O8. The third kappa shape index (κ3) is 7.08. The van der Waals surface area contributed by atoms with E-state index >= 15 is 0 Å². The average molecular weight is 493 g/mol. The number of amides is 1. The summed E-state index contributed by atoms with van der Waals surface area (Å²) in [6.07, 6.45) is 2.05. The number of piperidine rings is 1. The van der Waals surface area contributed by atoms with Crippen LogP contribution in [0, 0.1) is 0 Å². The minimum Gasteiger partial charge on any atom is -0.490 e. The number of esters is 2. The molecule has 1 heterocycles. The SMILES string of the molecule is COC(=O)c1ccc(O[C@H]2C[C@H](NCC3(O)CCN(C(=O)OC(C)(C)C)CC3)C2)cc1C(=O)OC. The van der Waals surface area contributed by atoms with Gasteiger partial charge in [-0.05, 0) is 64.7 Å². The summed E-state index contributed by atoms with van der Waals surface area (Å²) in [6.45, 7) is 6.84. The van der Waals surface area contributed by atoms with Crippen molar-refractivity contribution in [2.24, 2.45) is 0 Å². The number of benzene rings is 1. The predicted octanol–water partition coefficient (Wildman–Crippen LogP) is 2.52. The normalized spacial score (nSPS) is 21.5. The molecule has 2 N–H and O–H groups in total. The highest BCUT2D eigenvalue weighted by Gasteiger charge is 2.38. The van der Waals surface area contributed by atoms with E-state index < -0.39 is 23.1 Å². The van der Waals surface area contributed by atoms with Gasteiger partial charge in [0.05, 0.1) is 30.9 Å². The number of aliphatic hydroxyl groups is 1. The van der Waals surface area contributed by atoms with Gasteiger partial charge in [0.1, 0.15) is 17.5 Å². The van der Waals surface area contributed by atoms with E-state index in [1.807, 2.05) is 20.8 Å². The molecule has 10 nitrogen and oxygen atoms in total. The minimum absolute atomic E-state index is 0.0503. The van der Waals surface area contributed by atoms with Crippen molar-refractivity contribution in [3.8, 4) is 5.75 Å². The van der Waals surface area contributed by atoms with Crippen molar-refractivity contribution < 1.29 is 38.4 Å². The maximum Gasteiger partial charge on any atom is 0.410 e. The topological polar surface area (TPSA) is 124 Å². The first-order valence-corrected chi connectivity index (χ1v) is 11.8. The molecule has 35 heavy (non-hydrogen) atoms. The number of nitrogens with zero attached hydrogens (tertiary/aromatic N) is 1. The van der Waals surface area contributed by atoms with Crippen LogP contribution in [-0.2, 0) is 14.2 Å². The molecule has 1 amide bonds. The van der Waals surface area contributed by atoms with Crippen LogP contribution in [0.5, 0.6) is 5.75 Å². The number of nitrogens with one attached hydrogen (secondary N) is 1. The molecule has 1 saturated carbocycles. The number of carbonyl (C=O) groups is 3. The molecule has 0 aromatic heterocycles. The van der Waals surface area contributed by atoms with Crippen molar-refractivity contribution >= 4 is 18.0 Å². The number of rotatable bonds is 7. The molecular weight excluding hydrogens is 456 g/mol.